The molecule has 0 aliphatic heterocycles. The van der Waals surface area contributed by atoms with Crippen molar-refractivity contribution in [2.24, 2.45) is 0 Å². The Hall–Kier alpha value is -1.12. The minimum Gasteiger partial charge on any atom is -0.386 e. The molecule has 0 aromatic heterocycles. The smallest absolute Gasteiger partial charge is 0.109 e. The highest BCUT2D eigenvalue weighted by molar-refractivity contribution is 5.25. The molecule has 2 atom stereocenters. The first-order valence-electron chi connectivity index (χ1n) is 4.60. The van der Waals surface area contributed by atoms with E-state index in [2.05, 4.69) is 6.58 Å². The van der Waals surface area contributed by atoms with Crippen molar-refractivity contribution in [3.05, 3.63) is 47.5 Å². The Bertz CT molecular complexity index is 314. The van der Waals surface area contributed by atoms with Crippen LogP contribution in [0.25, 0.3) is 0 Å². The summed E-state index contributed by atoms with van der Waals surface area (Å²) in [6.45, 7) is 7.28. The van der Waals surface area contributed by atoms with E-state index >= 15 is 0 Å². The zero-order chi connectivity index (χ0) is 10.7. The Morgan fingerprint density at radius 3 is 2.14 bits per heavy atom. The number of rotatable bonds is 3. The van der Waals surface area contributed by atoms with Crippen LogP contribution in [0.1, 0.15) is 24.2 Å². The number of aryl methyl sites for hydroxylation is 1. The monoisotopic (exact) mass is 192 g/mol. The minimum atomic E-state index is -0.891. The highest BCUT2D eigenvalue weighted by atomic mass is 16.3. The van der Waals surface area contributed by atoms with Gasteiger partial charge in [-0.3, -0.25) is 0 Å². The molecular formula is C12H16O2. The maximum atomic E-state index is 9.74. The lowest BCUT2D eigenvalue weighted by molar-refractivity contribution is 0.0415. The topological polar surface area (TPSA) is 40.5 Å². The van der Waals surface area contributed by atoms with E-state index < -0.39 is 12.2 Å². The largest absolute Gasteiger partial charge is 0.386 e. The van der Waals surface area contributed by atoms with E-state index in [1.54, 1.807) is 6.92 Å². The molecular weight excluding hydrogens is 176 g/mol. The fourth-order valence-electron chi connectivity index (χ4n) is 1.22. The van der Waals surface area contributed by atoms with Crippen molar-refractivity contribution < 1.29 is 10.2 Å². The Labute approximate surface area is 84.5 Å². The van der Waals surface area contributed by atoms with Gasteiger partial charge in [0.15, 0.2) is 0 Å². The first-order valence-corrected chi connectivity index (χ1v) is 4.60. The summed E-state index contributed by atoms with van der Waals surface area (Å²) in [5, 5.41) is 19.3. The summed E-state index contributed by atoms with van der Waals surface area (Å²) in [6, 6.07) is 7.44. The van der Waals surface area contributed by atoms with Gasteiger partial charge in [-0.1, -0.05) is 36.4 Å². The number of aliphatic hydroxyl groups excluding tert-OH is 2. The van der Waals surface area contributed by atoms with Crippen LogP contribution >= 0.6 is 0 Å². The molecule has 0 aliphatic carbocycles. The number of hydrogen-bond donors (Lipinski definition) is 2. The first-order chi connectivity index (χ1) is 6.52. The molecule has 2 N–H and O–H groups in total. The normalized spacial score (nSPS) is 14.9. The van der Waals surface area contributed by atoms with Crippen LogP contribution in [-0.4, -0.2) is 16.3 Å². The summed E-state index contributed by atoms with van der Waals surface area (Å²) in [4.78, 5) is 0. The molecule has 0 radical (unpaired) electrons. The molecule has 2 nitrogen and oxygen atoms in total. The maximum Gasteiger partial charge on any atom is 0.109 e. The van der Waals surface area contributed by atoms with E-state index in [1.165, 1.54) is 0 Å². The van der Waals surface area contributed by atoms with Gasteiger partial charge < -0.3 is 10.2 Å². The quantitative estimate of drug-likeness (QED) is 0.719. The van der Waals surface area contributed by atoms with E-state index in [-0.39, 0.29) is 0 Å². The molecule has 2 heteroatoms. The van der Waals surface area contributed by atoms with Gasteiger partial charge in [-0.25, -0.2) is 0 Å². The first kappa shape index (κ1) is 11.0. The lowest BCUT2D eigenvalue weighted by Crippen LogP contribution is -2.18. The van der Waals surface area contributed by atoms with Crippen molar-refractivity contribution in [1.82, 2.24) is 0 Å². The van der Waals surface area contributed by atoms with Crippen LogP contribution in [0.2, 0.25) is 0 Å². The third-order valence-corrected chi connectivity index (χ3v) is 2.22. The van der Waals surface area contributed by atoms with Crippen molar-refractivity contribution in [1.29, 1.82) is 0 Å². The third-order valence-electron chi connectivity index (χ3n) is 2.22. The summed E-state index contributed by atoms with van der Waals surface area (Å²) < 4.78 is 0. The number of aliphatic hydroxyl groups is 2. The van der Waals surface area contributed by atoms with Crippen molar-refractivity contribution in [2.45, 2.75) is 26.1 Å². The SMILES string of the molecule is C=C(C)C(O)C(O)c1ccc(C)cc1. The maximum absolute atomic E-state index is 9.74. The summed E-state index contributed by atoms with van der Waals surface area (Å²) in [5.41, 5.74) is 2.41. The van der Waals surface area contributed by atoms with Crippen molar-refractivity contribution in [3.8, 4) is 0 Å². The Balaban J connectivity index is 2.84. The Morgan fingerprint density at radius 1 is 1.21 bits per heavy atom. The van der Waals surface area contributed by atoms with Crippen molar-refractivity contribution >= 4 is 0 Å². The zero-order valence-corrected chi connectivity index (χ0v) is 8.57. The molecule has 0 bridgehead atoms. The van der Waals surface area contributed by atoms with Crippen LogP contribution in [0.15, 0.2) is 36.4 Å². The predicted molar refractivity (Wildman–Crippen MR) is 57.0 cm³/mol. The van der Waals surface area contributed by atoms with E-state index in [9.17, 15) is 10.2 Å². The standard InChI is InChI=1S/C12H16O2/c1-8(2)11(13)12(14)10-6-4-9(3)5-7-10/h4-7,11-14H,1H2,2-3H3. The van der Waals surface area contributed by atoms with Gasteiger partial charge in [-0.15, -0.1) is 0 Å². The van der Waals surface area contributed by atoms with Crippen LogP contribution in [0.5, 0.6) is 0 Å². The van der Waals surface area contributed by atoms with Crippen LogP contribution in [0.3, 0.4) is 0 Å². The molecule has 1 rings (SSSR count). The van der Waals surface area contributed by atoms with Crippen LogP contribution < -0.4 is 0 Å². The predicted octanol–water partition coefficient (Wildman–Crippen LogP) is 1.97. The average Bonchev–Trinajstić information content (AvgIpc) is 2.16. The summed E-state index contributed by atoms with van der Waals surface area (Å²) in [6.07, 6.45) is -1.77. The second-order valence-corrected chi connectivity index (χ2v) is 3.65. The Kier molecular flexibility index (Phi) is 3.44. The second-order valence-electron chi connectivity index (χ2n) is 3.65. The van der Waals surface area contributed by atoms with Gasteiger partial charge in [0.25, 0.3) is 0 Å². The van der Waals surface area contributed by atoms with Gasteiger partial charge in [0.2, 0.25) is 0 Å². The molecule has 0 aliphatic rings. The van der Waals surface area contributed by atoms with Crippen molar-refractivity contribution in [3.63, 3.8) is 0 Å². The molecule has 2 unspecified atom stereocenters. The van der Waals surface area contributed by atoms with Crippen LogP contribution in [0, 0.1) is 6.92 Å². The molecule has 0 fully saturated rings. The molecule has 0 spiro atoms. The van der Waals surface area contributed by atoms with Crippen LogP contribution in [-0.2, 0) is 0 Å². The second kappa shape index (κ2) is 4.40. The fourth-order valence-corrected chi connectivity index (χ4v) is 1.22. The van der Waals surface area contributed by atoms with E-state index in [4.69, 9.17) is 0 Å². The van der Waals surface area contributed by atoms with Crippen molar-refractivity contribution in [2.75, 3.05) is 0 Å². The van der Waals surface area contributed by atoms with Gasteiger partial charge in [0, 0.05) is 0 Å². The van der Waals surface area contributed by atoms with Gasteiger partial charge >= 0.3 is 0 Å². The zero-order valence-electron chi connectivity index (χ0n) is 8.57. The van der Waals surface area contributed by atoms with Gasteiger partial charge in [0.1, 0.15) is 12.2 Å². The average molecular weight is 192 g/mol. The summed E-state index contributed by atoms with van der Waals surface area (Å²) >= 11 is 0. The molecule has 14 heavy (non-hydrogen) atoms. The highest BCUT2D eigenvalue weighted by Gasteiger charge is 2.18. The number of hydrogen-bond acceptors (Lipinski definition) is 2. The minimum absolute atomic E-state index is 0.568. The van der Waals surface area contributed by atoms with Crippen LogP contribution in [0.4, 0.5) is 0 Å². The van der Waals surface area contributed by atoms with Gasteiger partial charge in [-0.2, -0.15) is 0 Å². The molecule has 0 amide bonds. The highest BCUT2D eigenvalue weighted by Crippen LogP contribution is 2.20. The lowest BCUT2D eigenvalue weighted by atomic mass is 9.99. The molecule has 1 aromatic rings. The van der Waals surface area contributed by atoms with Gasteiger partial charge in [-0.05, 0) is 25.0 Å². The number of benzene rings is 1. The molecule has 1 aromatic carbocycles. The molecule has 76 valence electrons. The van der Waals surface area contributed by atoms with Gasteiger partial charge in [0.05, 0.1) is 0 Å². The van der Waals surface area contributed by atoms with E-state index in [1.807, 2.05) is 31.2 Å². The molecule has 0 saturated carbocycles. The third kappa shape index (κ3) is 2.44. The fraction of sp³-hybridized carbons (Fsp3) is 0.333. The molecule has 0 heterocycles. The van der Waals surface area contributed by atoms with E-state index in [0.29, 0.717) is 11.1 Å². The lowest BCUT2D eigenvalue weighted by Gasteiger charge is -2.18. The molecule has 0 saturated heterocycles. The Morgan fingerprint density at radius 2 is 1.71 bits per heavy atom. The summed E-state index contributed by atoms with van der Waals surface area (Å²) in [5.74, 6) is 0. The summed E-state index contributed by atoms with van der Waals surface area (Å²) in [7, 11) is 0. The van der Waals surface area contributed by atoms with E-state index in [0.717, 1.165) is 5.56 Å².